The molecular formula is C25H24ClF2N3O5S. The Hall–Kier alpha value is -2.73. The fraction of sp³-hybridized carbons (Fsp3) is 0.400. The number of nitrogens with one attached hydrogen (secondary N) is 1. The van der Waals surface area contributed by atoms with Crippen molar-refractivity contribution in [3.05, 3.63) is 70.4 Å². The van der Waals surface area contributed by atoms with Gasteiger partial charge in [0.05, 0.1) is 27.4 Å². The van der Waals surface area contributed by atoms with Crippen molar-refractivity contribution in [2.24, 2.45) is 22.1 Å². The lowest BCUT2D eigenvalue weighted by Gasteiger charge is -2.45. The van der Waals surface area contributed by atoms with E-state index in [1.807, 2.05) is 0 Å². The lowest BCUT2D eigenvalue weighted by Crippen LogP contribution is -2.56. The number of azo groups is 1. The molecule has 2 aromatic rings. The highest BCUT2D eigenvalue weighted by atomic mass is 35.5. The first-order chi connectivity index (χ1) is 17.5. The zero-order valence-corrected chi connectivity index (χ0v) is 21.0. The highest BCUT2D eigenvalue weighted by Crippen LogP contribution is 2.54. The molecule has 3 N–H and O–H groups in total. The molecule has 5 rings (SSSR count). The molecule has 196 valence electrons. The van der Waals surface area contributed by atoms with Gasteiger partial charge in [0, 0.05) is 17.3 Å². The van der Waals surface area contributed by atoms with E-state index in [2.05, 4.69) is 15.5 Å². The number of carbonyl (C=O) groups excluding carboxylic acids is 1. The summed E-state index contributed by atoms with van der Waals surface area (Å²) in [4.78, 5) is 12.5. The molecule has 2 bridgehead atoms. The van der Waals surface area contributed by atoms with Crippen LogP contribution in [0.3, 0.4) is 0 Å². The minimum atomic E-state index is -4.03. The van der Waals surface area contributed by atoms with Gasteiger partial charge in [0.15, 0.2) is 21.5 Å². The number of hydrogen-bond acceptors (Lipinski definition) is 7. The highest BCUT2D eigenvalue weighted by Gasteiger charge is 2.60. The molecule has 1 heterocycles. The van der Waals surface area contributed by atoms with Gasteiger partial charge in [0.2, 0.25) is 0 Å². The molecule has 8 nitrogen and oxygen atoms in total. The maximum atomic E-state index is 13.7. The number of nitrogens with zero attached hydrogens (tertiary/aromatic N) is 2. The number of sulfone groups is 1. The smallest absolute Gasteiger partial charge is 0.255 e. The van der Waals surface area contributed by atoms with Gasteiger partial charge in [-0.05, 0) is 73.9 Å². The van der Waals surface area contributed by atoms with Crippen LogP contribution in [-0.4, -0.2) is 48.0 Å². The fourth-order valence-electron chi connectivity index (χ4n) is 5.76. The van der Waals surface area contributed by atoms with E-state index in [1.54, 1.807) is 6.08 Å². The van der Waals surface area contributed by atoms with E-state index in [0.717, 1.165) is 18.2 Å². The van der Waals surface area contributed by atoms with E-state index in [9.17, 15) is 32.2 Å². The first-order valence-electron chi connectivity index (χ1n) is 11.8. The van der Waals surface area contributed by atoms with Crippen LogP contribution in [0.1, 0.15) is 36.0 Å². The standard InChI is InChI=1S/C25H24ClF2N3O5S/c26-18-5-1-13(24(33)30-16-4-6-19(27)20(28)12-16)9-22(18)37(35,36)17-10-14-2-3-15(11-17)25(14,34)23(32)21-7-8-29-31-21/h1,4-7,9,12,14-15,17,23,32,34H,2-3,8,10-11H2,(H,30,33)/t14-,15?,17?,23?,25?/m0/s1. The van der Waals surface area contributed by atoms with Gasteiger partial charge in [-0.2, -0.15) is 10.2 Å². The Balaban J connectivity index is 1.38. The van der Waals surface area contributed by atoms with Gasteiger partial charge in [0.1, 0.15) is 11.7 Å². The van der Waals surface area contributed by atoms with Crippen molar-refractivity contribution in [2.75, 3.05) is 11.9 Å². The lowest BCUT2D eigenvalue weighted by molar-refractivity contribution is -0.128. The number of hydrogen-bond donors (Lipinski definition) is 3. The van der Waals surface area contributed by atoms with Gasteiger partial charge >= 0.3 is 0 Å². The highest BCUT2D eigenvalue weighted by molar-refractivity contribution is 7.92. The van der Waals surface area contributed by atoms with Crippen LogP contribution < -0.4 is 5.32 Å². The van der Waals surface area contributed by atoms with Crippen molar-refractivity contribution in [3.63, 3.8) is 0 Å². The molecule has 0 saturated heterocycles. The molecule has 1 aliphatic heterocycles. The molecule has 4 unspecified atom stereocenters. The van der Waals surface area contributed by atoms with Crippen molar-refractivity contribution < 1.29 is 32.2 Å². The number of aliphatic hydroxyl groups is 2. The molecule has 0 radical (unpaired) electrons. The zero-order chi connectivity index (χ0) is 26.5. The van der Waals surface area contributed by atoms with E-state index in [1.165, 1.54) is 18.2 Å². The average Bonchev–Trinajstić information content (AvgIpc) is 3.43. The summed E-state index contributed by atoms with van der Waals surface area (Å²) in [5, 5.41) is 31.6. The van der Waals surface area contributed by atoms with Crippen LogP contribution in [0.15, 0.2) is 63.3 Å². The average molecular weight is 552 g/mol. The van der Waals surface area contributed by atoms with Gasteiger partial charge in [0.25, 0.3) is 5.91 Å². The summed E-state index contributed by atoms with van der Waals surface area (Å²) in [7, 11) is -4.03. The minimum Gasteiger partial charge on any atom is -0.386 e. The van der Waals surface area contributed by atoms with Crippen LogP contribution in [0.4, 0.5) is 14.5 Å². The molecular weight excluding hydrogens is 528 g/mol. The molecule has 0 aromatic heterocycles. The minimum absolute atomic E-state index is 0.00173. The first-order valence-corrected chi connectivity index (χ1v) is 13.7. The molecule has 5 atom stereocenters. The van der Waals surface area contributed by atoms with Gasteiger partial charge in [-0.3, -0.25) is 4.79 Å². The van der Waals surface area contributed by atoms with E-state index in [-0.39, 0.29) is 34.0 Å². The second-order valence-electron chi connectivity index (χ2n) is 9.68. The lowest BCUT2D eigenvalue weighted by atomic mass is 9.70. The number of carbonyl (C=O) groups is 1. The molecule has 3 aliphatic rings. The van der Waals surface area contributed by atoms with Crippen molar-refractivity contribution in [1.82, 2.24) is 0 Å². The molecule has 0 spiro atoms. The zero-order valence-electron chi connectivity index (χ0n) is 19.4. The van der Waals surface area contributed by atoms with Gasteiger partial charge in [-0.1, -0.05) is 11.6 Å². The number of amides is 1. The summed E-state index contributed by atoms with van der Waals surface area (Å²) in [6.07, 6.45) is 1.71. The fourth-order valence-corrected chi connectivity index (χ4v) is 8.16. The molecule has 2 saturated carbocycles. The summed E-state index contributed by atoms with van der Waals surface area (Å²) >= 11 is 6.26. The maximum Gasteiger partial charge on any atom is 0.255 e. The monoisotopic (exact) mass is 551 g/mol. The van der Waals surface area contributed by atoms with Crippen molar-refractivity contribution in [3.8, 4) is 0 Å². The molecule has 2 aliphatic carbocycles. The Morgan fingerprint density at radius 2 is 1.81 bits per heavy atom. The summed E-state index contributed by atoms with van der Waals surface area (Å²) in [5.41, 5.74) is -1.24. The Kier molecular flexibility index (Phi) is 6.68. The maximum absolute atomic E-state index is 13.7. The third-order valence-electron chi connectivity index (χ3n) is 7.67. The number of halogens is 3. The van der Waals surface area contributed by atoms with Crippen molar-refractivity contribution in [1.29, 1.82) is 0 Å². The van der Waals surface area contributed by atoms with E-state index in [4.69, 9.17) is 11.6 Å². The number of anilines is 1. The Labute approximate surface area is 217 Å². The Bertz CT molecular complexity index is 1420. The second kappa shape index (κ2) is 9.54. The number of aliphatic hydroxyl groups excluding tert-OH is 1. The molecule has 2 aromatic carbocycles. The van der Waals surface area contributed by atoms with Gasteiger partial charge in [-0.15, -0.1) is 0 Å². The summed E-state index contributed by atoms with van der Waals surface area (Å²) in [5.74, 6) is -3.88. The largest absolute Gasteiger partial charge is 0.386 e. The first kappa shape index (κ1) is 25.9. The summed E-state index contributed by atoms with van der Waals surface area (Å²) < 4.78 is 54.1. The van der Waals surface area contributed by atoms with Crippen LogP contribution in [0.2, 0.25) is 5.02 Å². The normalized spacial score (nSPS) is 27.7. The Morgan fingerprint density at radius 3 is 2.43 bits per heavy atom. The SMILES string of the molecule is O=C(Nc1ccc(F)c(F)c1)c1ccc(Cl)c(S(=O)(=O)C2CC3CC[C@@H](C2)C3(O)C(O)C2=CCN=N2)c1. The van der Waals surface area contributed by atoms with Crippen LogP contribution in [0, 0.1) is 23.5 Å². The molecule has 12 heteroatoms. The van der Waals surface area contributed by atoms with Crippen molar-refractivity contribution >= 4 is 33.0 Å². The predicted octanol–water partition coefficient (Wildman–Crippen LogP) is 4.27. The second-order valence-corrected chi connectivity index (χ2v) is 12.3. The Morgan fingerprint density at radius 1 is 1.11 bits per heavy atom. The van der Waals surface area contributed by atoms with E-state index in [0.29, 0.717) is 25.1 Å². The molecule has 2 fully saturated rings. The van der Waals surface area contributed by atoms with Crippen LogP contribution >= 0.6 is 11.6 Å². The third-order valence-corrected chi connectivity index (χ3v) is 10.3. The van der Waals surface area contributed by atoms with Crippen LogP contribution in [0.25, 0.3) is 0 Å². The summed E-state index contributed by atoms with van der Waals surface area (Å²) in [6.45, 7) is 0.327. The molecule has 37 heavy (non-hydrogen) atoms. The van der Waals surface area contributed by atoms with Crippen LogP contribution in [-0.2, 0) is 9.84 Å². The molecule has 1 amide bonds. The summed E-state index contributed by atoms with van der Waals surface area (Å²) in [6, 6.07) is 6.65. The number of rotatable bonds is 6. The third kappa shape index (κ3) is 4.47. The topological polar surface area (TPSA) is 128 Å². The number of benzene rings is 2. The quantitative estimate of drug-likeness (QED) is 0.494. The van der Waals surface area contributed by atoms with Gasteiger partial charge in [-0.25, -0.2) is 17.2 Å². The van der Waals surface area contributed by atoms with E-state index < -0.39 is 56.2 Å². The van der Waals surface area contributed by atoms with Crippen molar-refractivity contribution in [2.45, 2.75) is 47.5 Å². The van der Waals surface area contributed by atoms with Crippen LogP contribution in [0.5, 0.6) is 0 Å². The predicted molar refractivity (Wildman–Crippen MR) is 131 cm³/mol. The van der Waals surface area contributed by atoms with Gasteiger partial charge < -0.3 is 15.5 Å². The van der Waals surface area contributed by atoms with E-state index >= 15 is 0 Å². The number of fused-ring (bicyclic) bond motifs is 2.